The molecule has 2 heterocycles. The van der Waals surface area contributed by atoms with Crippen LogP contribution in [0.15, 0.2) is 219 Å². The average molecular weight is 729 g/mol. The highest BCUT2D eigenvalue weighted by Gasteiger charge is 2.15. The Kier molecular flexibility index (Phi) is 8.82. The SMILES string of the molecule is c1ccc(-c2ccc(-c3ccc(-c4cc(-c5ccc(-c6ccc(-c7ccccc7)cc6)cc5)c5nn(-c6ccc(-c7ccncc7)cc6)nc5c4)cc3)cc2)cc1. The van der Waals surface area contributed by atoms with Gasteiger partial charge in [0.15, 0.2) is 0 Å². The molecule has 0 aliphatic rings. The van der Waals surface area contributed by atoms with Crippen LogP contribution in [0.25, 0.3) is 94.6 Å². The van der Waals surface area contributed by atoms with Gasteiger partial charge in [0.1, 0.15) is 11.0 Å². The molecule has 0 aliphatic heterocycles. The number of nitrogens with zero attached hydrogens (tertiary/aromatic N) is 4. The Bertz CT molecular complexity index is 2920. The highest BCUT2D eigenvalue weighted by Crippen LogP contribution is 2.36. The van der Waals surface area contributed by atoms with E-state index in [4.69, 9.17) is 10.2 Å². The van der Waals surface area contributed by atoms with Crippen molar-refractivity contribution in [3.63, 3.8) is 0 Å². The van der Waals surface area contributed by atoms with E-state index in [9.17, 15) is 0 Å². The van der Waals surface area contributed by atoms with E-state index in [0.717, 1.165) is 55.7 Å². The van der Waals surface area contributed by atoms with Gasteiger partial charge >= 0.3 is 0 Å². The van der Waals surface area contributed by atoms with Crippen molar-refractivity contribution in [3.8, 4) is 83.6 Å². The molecule has 0 bridgehead atoms. The van der Waals surface area contributed by atoms with Crippen LogP contribution >= 0.6 is 0 Å². The third-order valence-corrected chi connectivity index (χ3v) is 10.7. The lowest BCUT2D eigenvalue weighted by molar-refractivity contribution is 0.766. The Morgan fingerprint density at radius 2 is 0.632 bits per heavy atom. The van der Waals surface area contributed by atoms with Crippen LogP contribution in [0, 0.1) is 0 Å². The van der Waals surface area contributed by atoms with E-state index in [-0.39, 0.29) is 0 Å². The van der Waals surface area contributed by atoms with Gasteiger partial charge in [0.2, 0.25) is 0 Å². The minimum atomic E-state index is 0.835. The summed E-state index contributed by atoms with van der Waals surface area (Å²) < 4.78 is 0. The first-order chi connectivity index (χ1) is 28.2. The molecule has 8 aromatic carbocycles. The molecule has 4 nitrogen and oxygen atoms in total. The molecule has 0 unspecified atom stereocenters. The van der Waals surface area contributed by atoms with E-state index in [0.29, 0.717) is 0 Å². The molecule has 10 aromatic rings. The van der Waals surface area contributed by atoms with Crippen molar-refractivity contribution in [2.24, 2.45) is 0 Å². The molecular weight excluding hydrogens is 693 g/mol. The molecule has 0 aliphatic carbocycles. The average Bonchev–Trinajstić information content (AvgIpc) is 3.75. The van der Waals surface area contributed by atoms with Gasteiger partial charge in [-0.05, 0) is 109 Å². The number of benzene rings is 8. The van der Waals surface area contributed by atoms with Crippen LogP contribution < -0.4 is 0 Å². The molecule has 2 aromatic heterocycles. The van der Waals surface area contributed by atoms with Crippen LogP contribution in [0.2, 0.25) is 0 Å². The van der Waals surface area contributed by atoms with E-state index in [1.54, 1.807) is 4.80 Å². The zero-order valence-electron chi connectivity index (χ0n) is 31.1. The zero-order valence-corrected chi connectivity index (χ0v) is 31.1. The van der Waals surface area contributed by atoms with Gasteiger partial charge in [0, 0.05) is 18.0 Å². The van der Waals surface area contributed by atoms with Gasteiger partial charge in [0.05, 0.1) is 5.69 Å². The number of pyridine rings is 1. The predicted octanol–water partition coefficient (Wildman–Crippen LogP) is 13.5. The van der Waals surface area contributed by atoms with Crippen LogP contribution in [-0.4, -0.2) is 20.0 Å². The highest BCUT2D eigenvalue weighted by molar-refractivity contribution is 5.96. The lowest BCUT2D eigenvalue weighted by Crippen LogP contribution is -1.98. The Balaban J connectivity index is 0.998. The smallest absolute Gasteiger partial charge is 0.121 e. The van der Waals surface area contributed by atoms with Crippen LogP contribution in [-0.2, 0) is 0 Å². The summed E-state index contributed by atoms with van der Waals surface area (Å²) in [6.07, 6.45) is 3.63. The molecule has 0 amide bonds. The van der Waals surface area contributed by atoms with E-state index < -0.39 is 0 Å². The topological polar surface area (TPSA) is 43.6 Å². The van der Waals surface area contributed by atoms with E-state index in [1.165, 1.54) is 38.9 Å². The number of fused-ring (bicyclic) bond motifs is 1. The Morgan fingerprint density at radius 1 is 0.281 bits per heavy atom. The lowest BCUT2D eigenvalue weighted by Gasteiger charge is -2.10. The number of hydrogen-bond acceptors (Lipinski definition) is 3. The van der Waals surface area contributed by atoms with Crippen molar-refractivity contribution in [1.82, 2.24) is 20.0 Å². The van der Waals surface area contributed by atoms with Gasteiger partial charge in [-0.25, -0.2) is 0 Å². The molecule has 10 rings (SSSR count). The lowest BCUT2D eigenvalue weighted by atomic mass is 9.94. The van der Waals surface area contributed by atoms with Crippen molar-refractivity contribution >= 4 is 11.0 Å². The molecule has 57 heavy (non-hydrogen) atoms. The predicted molar refractivity (Wildman–Crippen MR) is 235 cm³/mol. The fourth-order valence-electron chi connectivity index (χ4n) is 7.52. The molecular formula is C53H36N4. The van der Waals surface area contributed by atoms with E-state index >= 15 is 0 Å². The summed E-state index contributed by atoms with van der Waals surface area (Å²) in [5.74, 6) is 0. The summed E-state index contributed by atoms with van der Waals surface area (Å²) in [6, 6.07) is 72.9. The Labute approximate surface area is 332 Å². The second-order valence-electron chi connectivity index (χ2n) is 14.2. The van der Waals surface area contributed by atoms with E-state index in [1.807, 2.05) is 36.7 Å². The first-order valence-corrected chi connectivity index (χ1v) is 19.2. The third-order valence-electron chi connectivity index (χ3n) is 10.7. The van der Waals surface area contributed by atoms with Gasteiger partial charge in [-0.1, -0.05) is 170 Å². The van der Waals surface area contributed by atoms with Crippen LogP contribution in [0.1, 0.15) is 0 Å². The van der Waals surface area contributed by atoms with Crippen LogP contribution in [0.4, 0.5) is 0 Å². The Hall–Kier alpha value is -7.69. The van der Waals surface area contributed by atoms with Gasteiger partial charge in [-0.2, -0.15) is 4.80 Å². The third kappa shape index (κ3) is 6.93. The number of aromatic nitrogens is 4. The van der Waals surface area contributed by atoms with Crippen LogP contribution in [0.3, 0.4) is 0 Å². The Morgan fingerprint density at radius 3 is 1.07 bits per heavy atom. The minimum Gasteiger partial charge on any atom is -0.265 e. The van der Waals surface area contributed by atoms with Gasteiger partial charge in [0.25, 0.3) is 0 Å². The van der Waals surface area contributed by atoms with Crippen molar-refractivity contribution in [3.05, 3.63) is 219 Å². The highest BCUT2D eigenvalue weighted by atomic mass is 15.5. The maximum Gasteiger partial charge on any atom is 0.121 e. The maximum atomic E-state index is 5.09. The normalized spacial score (nSPS) is 11.2. The fraction of sp³-hybridized carbons (Fsp3) is 0. The number of rotatable bonds is 8. The standard InChI is InChI=1S/C53H36N4/c1-3-7-37(8-4-1)39-11-15-41(16-12-39)43-19-21-46(22-20-43)49-35-51(48-25-23-44(24-26-48)42-17-13-40(14-18-42)38-9-5-2-6-10-38)53-52(36-49)55-57(56-53)50-29-27-45(28-30-50)47-31-33-54-34-32-47/h1-36H. The number of hydrogen-bond donors (Lipinski definition) is 0. The quantitative estimate of drug-likeness (QED) is 0.156. The molecule has 0 spiro atoms. The van der Waals surface area contributed by atoms with Gasteiger partial charge in [-0.3, -0.25) is 4.98 Å². The van der Waals surface area contributed by atoms with Crippen molar-refractivity contribution < 1.29 is 0 Å². The summed E-state index contributed by atoms with van der Waals surface area (Å²) in [7, 11) is 0. The fourth-order valence-corrected chi connectivity index (χ4v) is 7.52. The summed E-state index contributed by atoms with van der Waals surface area (Å²) >= 11 is 0. The summed E-state index contributed by atoms with van der Waals surface area (Å²) in [4.78, 5) is 5.91. The van der Waals surface area contributed by atoms with Crippen molar-refractivity contribution in [2.75, 3.05) is 0 Å². The molecule has 0 radical (unpaired) electrons. The molecule has 0 saturated heterocycles. The summed E-state index contributed by atoms with van der Waals surface area (Å²) in [5, 5.41) is 10.1. The molecule has 268 valence electrons. The molecule has 0 saturated carbocycles. The minimum absolute atomic E-state index is 0.835. The van der Waals surface area contributed by atoms with Gasteiger partial charge < -0.3 is 0 Å². The van der Waals surface area contributed by atoms with Crippen molar-refractivity contribution in [1.29, 1.82) is 0 Å². The first kappa shape index (κ1) is 33.8. The summed E-state index contributed by atoms with van der Waals surface area (Å²) in [5.41, 5.74) is 18.7. The molecule has 4 heteroatoms. The van der Waals surface area contributed by atoms with Gasteiger partial charge in [-0.15, -0.1) is 10.2 Å². The second kappa shape index (κ2) is 14.9. The van der Waals surface area contributed by atoms with Crippen molar-refractivity contribution in [2.45, 2.75) is 0 Å². The monoisotopic (exact) mass is 728 g/mol. The second-order valence-corrected chi connectivity index (χ2v) is 14.2. The zero-order chi connectivity index (χ0) is 38.0. The first-order valence-electron chi connectivity index (χ1n) is 19.2. The summed E-state index contributed by atoms with van der Waals surface area (Å²) in [6.45, 7) is 0. The largest absolute Gasteiger partial charge is 0.265 e. The molecule has 0 atom stereocenters. The molecule has 0 N–H and O–H groups in total. The molecule has 0 fully saturated rings. The van der Waals surface area contributed by atoms with Crippen LogP contribution in [0.5, 0.6) is 0 Å². The van der Waals surface area contributed by atoms with E-state index in [2.05, 4.69) is 187 Å². The maximum absolute atomic E-state index is 5.09.